The highest BCUT2D eigenvalue weighted by Gasteiger charge is 2.31. The Balaban J connectivity index is 1.78. The molecule has 2 atom stereocenters. The highest BCUT2D eigenvalue weighted by atomic mass is 16.5. The van der Waals surface area contributed by atoms with Crippen LogP contribution in [-0.4, -0.2) is 24.4 Å². The molecule has 2 fully saturated rings. The van der Waals surface area contributed by atoms with E-state index in [4.69, 9.17) is 4.74 Å². The summed E-state index contributed by atoms with van der Waals surface area (Å²) in [5.74, 6) is 1.89. The lowest BCUT2D eigenvalue weighted by atomic mass is 9.75. The topological polar surface area (TPSA) is 29.5 Å². The van der Waals surface area contributed by atoms with Crippen molar-refractivity contribution in [3.05, 3.63) is 0 Å². The Morgan fingerprint density at radius 3 is 2.44 bits per heavy atom. The van der Waals surface area contributed by atoms with Crippen LogP contribution in [-0.2, 0) is 4.74 Å². The molecule has 0 radical (unpaired) electrons. The van der Waals surface area contributed by atoms with E-state index in [1.165, 1.54) is 32.1 Å². The Kier molecular flexibility index (Phi) is 4.66. The van der Waals surface area contributed by atoms with Gasteiger partial charge in [-0.2, -0.15) is 0 Å². The summed E-state index contributed by atoms with van der Waals surface area (Å²) in [4.78, 5) is 0. The number of rotatable bonds is 3. The van der Waals surface area contributed by atoms with Crippen molar-refractivity contribution in [2.45, 2.75) is 58.0 Å². The van der Waals surface area contributed by atoms with Gasteiger partial charge < -0.3 is 9.84 Å². The van der Waals surface area contributed by atoms with Crippen molar-refractivity contribution in [1.29, 1.82) is 0 Å². The van der Waals surface area contributed by atoms with Gasteiger partial charge in [-0.1, -0.05) is 26.2 Å². The van der Waals surface area contributed by atoms with Crippen molar-refractivity contribution in [3.63, 3.8) is 0 Å². The Bertz CT molecular complexity index is 191. The molecule has 1 N–H and O–H groups in total. The molecule has 94 valence electrons. The van der Waals surface area contributed by atoms with Gasteiger partial charge in [0.05, 0.1) is 12.7 Å². The SMILES string of the molecule is CCC1CCC(C(O)C2CCCOC2)CC1. The van der Waals surface area contributed by atoms with E-state index in [1.807, 2.05) is 0 Å². The third kappa shape index (κ3) is 2.98. The molecule has 1 heterocycles. The molecule has 0 aromatic carbocycles. The van der Waals surface area contributed by atoms with Crippen LogP contribution in [0.3, 0.4) is 0 Å². The molecule has 0 aromatic heterocycles. The van der Waals surface area contributed by atoms with E-state index in [9.17, 15) is 5.11 Å². The zero-order valence-corrected chi connectivity index (χ0v) is 10.5. The number of hydrogen-bond acceptors (Lipinski definition) is 2. The van der Waals surface area contributed by atoms with Crippen LogP contribution >= 0.6 is 0 Å². The molecule has 0 amide bonds. The van der Waals surface area contributed by atoms with E-state index < -0.39 is 0 Å². The maximum absolute atomic E-state index is 10.4. The van der Waals surface area contributed by atoms with Gasteiger partial charge in [-0.05, 0) is 37.5 Å². The molecule has 2 heteroatoms. The van der Waals surface area contributed by atoms with Crippen molar-refractivity contribution in [1.82, 2.24) is 0 Å². The zero-order chi connectivity index (χ0) is 11.4. The Morgan fingerprint density at radius 2 is 1.88 bits per heavy atom. The minimum Gasteiger partial charge on any atom is -0.392 e. The third-order valence-corrected chi connectivity index (χ3v) is 4.63. The molecule has 2 aliphatic rings. The fourth-order valence-electron chi connectivity index (χ4n) is 3.36. The molecular formula is C14H26O2. The molecule has 0 spiro atoms. The van der Waals surface area contributed by atoms with Gasteiger partial charge in [0.15, 0.2) is 0 Å². The smallest absolute Gasteiger partial charge is 0.0618 e. The van der Waals surface area contributed by atoms with Crippen molar-refractivity contribution >= 4 is 0 Å². The normalized spacial score (nSPS) is 38.2. The third-order valence-electron chi connectivity index (χ3n) is 4.63. The first-order valence-corrected chi connectivity index (χ1v) is 7.07. The molecule has 0 aromatic rings. The Hall–Kier alpha value is -0.0800. The van der Waals surface area contributed by atoms with Crippen LogP contribution in [0, 0.1) is 17.8 Å². The van der Waals surface area contributed by atoms with E-state index in [0.717, 1.165) is 32.0 Å². The summed E-state index contributed by atoms with van der Waals surface area (Å²) < 4.78 is 5.48. The lowest BCUT2D eigenvalue weighted by Crippen LogP contribution is -2.36. The highest BCUT2D eigenvalue weighted by molar-refractivity contribution is 4.82. The van der Waals surface area contributed by atoms with E-state index >= 15 is 0 Å². The lowest BCUT2D eigenvalue weighted by Gasteiger charge is -2.36. The first kappa shape index (κ1) is 12.4. The Morgan fingerprint density at radius 1 is 1.12 bits per heavy atom. The predicted octanol–water partition coefficient (Wildman–Crippen LogP) is 2.99. The van der Waals surface area contributed by atoms with Gasteiger partial charge >= 0.3 is 0 Å². The molecule has 16 heavy (non-hydrogen) atoms. The summed E-state index contributed by atoms with van der Waals surface area (Å²) in [7, 11) is 0. The average Bonchev–Trinajstić information content (AvgIpc) is 2.39. The van der Waals surface area contributed by atoms with Crippen molar-refractivity contribution in [2.24, 2.45) is 17.8 Å². The minimum absolute atomic E-state index is 0.0990. The van der Waals surface area contributed by atoms with Gasteiger partial charge in [0.25, 0.3) is 0 Å². The maximum atomic E-state index is 10.4. The maximum Gasteiger partial charge on any atom is 0.0618 e. The summed E-state index contributed by atoms with van der Waals surface area (Å²) in [5, 5.41) is 10.4. The summed E-state index contributed by atoms with van der Waals surface area (Å²) in [6.07, 6.45) is 8.62. The van der Waals surface area contributed by atoms with Gasteiger partial charge in [0.2, 0.25) is 0 Å². The van der Waals surface area contributed by atoms with Crippen LogP contribution in [0.15, 0.2) is 0 Å². The molecular weight excluding hydrogens is 200 g/mol. The second-order valence-corrected chi connectivity index (χ2v) is 5.66. The summed E-state index contributed by atoms with van der Waals surface area (Å²) in [5.41, 5.74) is 0. The fourth-order valence-corrected chi connectivity index (χ4v) is 3.36. The number of ether oxygens (including phenoxy) is 1. The van der Waals surface area contributed by atoms with Gasteiger partial charge in [-0.15, -0.1) is 0 Å². The largest absolute Gasteiger partial charge is 0.392 e. The van der Waals surface area contributed by atoms with Gasteiger partial charge in [-0.25, -0.2) is 0 Å². The zero-order valence-electron chi connectivity index (χ0n) is 10.5. The van der Waals surface area contributed by atoms with Crippen LogP contribution in [0.25, 0.3) is 0 Å². The van der Waals surface area contributed by atoms with Gasteiger partial charge in [0.1, 0.15) is 0 Å². The van der Waals surface area contributed by atoms with Crippen LogP contribution < -0.4 is 0 Å². The standard InChI is InChI=1S/C14H26O2/c1-2-11-5-7-12(8-6-11)14(15)13-4-3-9-16-10-13/h11-15H,2-10H2,1H3. The molecule has 1 saturated carbocycles. The predicted molar refractivity (Wildman–Crippen MR) is 65.3 cm³/mol. The van der Waals surface area contributed by atoms with E-state index in [-0.39, 0.29) is 6.10 Å². The quantitative estimate of drug-likeness (QED) is 0.801. The fraction of sp³-hybridized carbons (Fsp3) is 1.00. The van der Waals surface area contributed by atoms with Crippen molar-refractivity contribution in [3.8, 4) is 0 Å². The van der Waals surface area contributed by atoms with Crippen LogP contribution in [0.1, 0.15) is 51.9 Å². The second kappa shape index (κ2) is 6.02. The first-order chi connectivity index (χ1) is 7.81. The number of aliphatic hydroxyl groups excluding tert-OH is 1. The monoisotopic (exact) mass is 226 g/mol. The second-order valence-electron chi connectivity index (χ2n) is 5.66. The highest BCUT2D eigenvalue weighted by Crippen LogP contribution is 2.35. The van der Waals surface area contributed by atoms with Gasteiger partial charge in [0, 0.05) is 12.5 Å². The van der Waals surface area contributed by atoms with E-state index in [0.29, 0.717) is 11.8 Å². The molecule has 1 saturated heterocycles. The molecule has 1 aliphatic carbocycles. The summed E-state index contributed by atoms with van der Waals surface area (Å²) in [6.45, 7) is 3.97. The van der Waals surface area contributed by atoms with Gasteiger partial charge in [-0.3, -0.25) is 0 Å². The molecule has 2 unspecified atom stereocenters. The molecule has 2 rings (SSSR count). The molecule has 0 bridgehead atoms. The summed E-state index contributed by atoms with van der Waals surface area (Å²) in [6, 6.07) is 0. The van der Waals surface area contributed by atoms with Crippen LogP contribution in [0.4, 0.5) is 0 Å². The number of hydrogen-bond donors (Lipinski definition) is 1. The Labute approximate surface area is 99.4 Å². The van der Waals surface area contributed by atoms with Crippen molar-refractivity contribution < 1.29 is 9.84 Å². The first-order valence-electron chi connectivity index (χ1n) is 7.07. The molecule has 1 aliphatic heterocycles. The van der Waals surface area contributed by atoms with E-state index in [1.54, 1.807) is 0 Å². The lowest BCUT2D eigenvalue weighted by molar-refractivity contribution is -0.0426. The van der Waals surface area contributed by atoms with Crippen molar-refractivity contribution in [2.75, 3.05) is 13.2 Å². The average molecular weight is 226 g/mol. The number of aliphatic hydroxyl groups is 1. The minimum atomic E-state index is -0.0990. The van der Waals surface area contributed by atoms with Crippen LogP contribution in [0.2, 0.25) is 0 Å². The summed E-state index contributed by atoms with van der Waals surface area (Å²) >= 11 is 0. The van der Waals surface area contributed by atoms with Crippen LogP contribution in [0.5, 0.6) is 0 Å². The molecule has 2 nitrogen and oxygen atoms in total. The van der Waals surface area contributed by atoms with E-state index in [2.05, 4.69) is 6.92 Å².